The number of carbonyl (C=O) groups excluding carboxylic acids is 2. The highest BCUT2D eigenvalue weighted by atomic mass is 35.5. The van der Waals surface area contributed by atoms with Crippen molar-refractivity contribution < 1.29 is 9.59 Å². The molecule has 0 radical (unpaired) electrons. The minimum absolute atomic E-state index is 0.0435. The molecular formula is C20H19ClN4O2S. The van der Waals surface area contributed by atoms with E-state index in [4.69, 9.17) is 16.6 Å². The number of nitrogens with one attached hydrogen (secondary N) is 2. The summed E-state index contributed by atoms with van der Waals surface area (Å²) < 4.78 is 0. The summed E-state index contributed by atoms with van der Waals surface area (Å²) >= 11 is 7.06. The van der Waals surface area contributed by atoms with Crippen LogP contribution in [-0.2, 0) is 4.79 Å². The number of thiazole rings is 1. The molecule has 0 unspecified atom stereocenters. The Morgan fingerprint density at radius 3 is 2.82 bits per heavy atom. The van der Waals surface area contributed by atoms with E-state index in [0.717, 1.165) is 47.8 Å². The van der Waals surface area contributed by atoms with Gasteiger partial charge in [0.15, 0.2) is 0 Å². The van der Waals surface area contributed by atoms with Crippen molar-refractivity contribution in [1.82, 2.24) is 14.9 Å². The van der Waals surface area contributed by atoms with Crippen molar-refractivity contribution in [2.45, 2.75) is 12.8 Å². The number of alkyl halides is 1. The van der Waals surface area contributed by atoms with Gasteiger partial charge in [-0.2, -0.15) is 0 Å². The number of aromatic amines is 1. The second-order valence-corrected chi connectivity index (χ2v) is 7.73. The van der Waals surface area contributed by atoms with E-state index in [1.807, 2.05) is 46.8 Å². The Kier molecular flexibility index (Phi) is 5.45. The normalized spacial score (nSPS) is 13.7. The standard InChI is InChI=1S/C20H19ClN4O2S/c21-10-18(26)23-15-5-3-4-13(8-15)19-24-17(12-28-19)14-9-16(22-11-14)20(27)25-6-1-2-7-25/h3-5,8-9,11-12,22H,1-2,6-7,10H2,(H,23,26). The minimum atomic E-state index is -0.249. The fourth-order valence-electron chi connectivity index (χ4n) is 3.22. The predicted octanol–water partition coefficient (Wildman–Crippen LogP) is 4.22. The predicted molar refractivity (Wildman–Crippen MR) is 112 cm³/mol. The maximum Gasteiger partial charge on any atom is 0.270 e. The number of carbonyl (C=O) groups is 2. The lowest BCUT2D eigenvalue weighted by atomic mass is 10.2. The molecule has 0 atom stereocenters. The van der Waals surface area contributed by atoms with Gasteiger partial charge in [0, 0.05) is 41.5 Å². The molecule has 0 spiro atoms. The number of likely N-dealkylation sites (tertiary alicyclic amines) is 1. The molecule has 1 saturated heterocycles. The summed E-state index contributed by atoms with van der Waals surface area (Å²) in [4.78, 5) is 33.6. The monoisotopic (exact) mass is 414 g/mol. The quantitative estimate of drug-likeness (QED) is 0.613. The lowest BCUT2D eigenvalue weighted by Gasteiger charge is -2.13. The van der Waals surface area contributed by atoms with Crippen molar-refractivity contribution in [2.24, 2.45) is 0 Å². The molecule has 2 aromatic heterocycles. The fourth-order valence-corrected chi connectivity index (χ4v) is 4.11. The van der Waals surface area contributed by atoms with Crippen LogP contribution in [0.4, 0.5) is 5.69 Å². The molecule has 2 N–H and O–H groups in total. The lowest BCUT2D eigenvalue weighted by molar-refractivity contribution is -0.113. The molecule has 0 bridgehead atoms. The zero-order valence-electron chi connectivity index (χ0n) is 15.1. The van der Waals surface area contributed by atoms with Gasteiger partial charge in [-0.3, -0.25) is 9.59 Å². The van der Waals surface area contributed by atoms with Crippen molar-refractivity contribution in [2.75, 3.05) is 24.3 Å². The molecule has 3 aromatic rings. The number of H-pyrrole nitrogens is 1. The van der Waals surface area contributed by atoms with Crippen LogP contribution >= 0.6 is 22.9 Å². The third-order valence-corrected chi connectivity index (χ3v) is 5.76. The Balaban J connectivity index is 1.53. The average Bonchev–Trinajstić information content (AvgIpc) is 3.48. The zero-order chi connectivity index (χ0) is 19.5. The van der Waals surface area contributed by atoms with Gasteiger partial charge >= 0.3 is 0 Å². The topological polar surface area (TPSA) is 78.1 Å². The third kappa shape index (κ3) is 3.95. The Bertz CT molecular complexity index is 1010. The van der Waals surface area contributed by atoms with Crippen LogP contribution in [0, 0.1) is 0 Å². The molecule has 28 heavy (non-hydrogen) atoms. The lowest BCUT2D eigenvalue weighted by Crippen LogP contribution is -2.27. The van der Waals surface area contributed by atoms with Gasteiger partial charge in [-0.15, -0.1) is 22.9 Å². The summed E-state index contributed by atoms with van der Waals surface area (Å²) in [5.74, 6) is -0.291. The molecule has 0 saturated carbocycles. The average molecular weight is 415 g/mol. The van der Waals surface area contributed by atoms with Crippen molar-refractivity contribution in [1.29, 1.82) is 0 Å². The Hall–Kier alpha value is -2.64. The van der Waals surface area contributed by atoms with Crippen LogP contribution in [0.2, 0.25) is 0 Å². The fraction of sp³-hybridized carbons (Fsp3) is 0.250. The molecule has 4 rings (SSSR count). The highest BCUT2D eigenvalue weighted by molar-refractivity contribution is 7.13. The van der Waals surface area contributed by atoms with Crippen LogP contribution < -0.4 is 5.32 Å². The Morgan fingerprint density at radius 1 is 1.21 bits per heavy atom. The molecule has 1 aliphatic rings. The highest BCUT2D eigenvalue weighted by Gasteiger charge is 2.21. The number of rotatable bonds is 5. The molecule has 1 aliphatic heterocycles. The molecule has 0 aliphatic carbocycles. The van der Waals surface area contributed by atoms with Crippen molar-refractivity contribution >= 4 is 40.4 Å². The summed E-state index contributed by atoms with van der Waals surface area (Å²) in [5, 5.41) is 5.54. The molecule has 144 valence electrons. The van der Waals surface area contributed by atoms with E-state index in [9.17, 15) is 9.59 Å². The number of halogens is 1. The van der Waals surface area contributed by atoms with Crippen molar-refractivity contribution in [3.8, 4) is 21.8 Å². The molecule has 6 nitrogen and oxygen atoms in total. The summed E-state index contributed by atoms with van der Waals surface area (Å²) in [5.41, 5.74) is 3.88. The van der Waals surface area contributed by atoms with E-state index in [-0.39, 0.29) is 17.7 Å². The van der Waals surface area contributed by atoms with Crippen LogP contribution in [0.1, 0.15) is 23.3 Å². The van der Waals surface area contributed by atoms with Gasteiger partial charge in [-0.25, -0.2) is 4.98 Å². The molecule has 2 amide bonds. The van der Waals surface area contributed by atoms with Crippen LogP contribution in [0.15, 0.2) is 41.9 Å². The molecular weight excluding hydrogens is 396 g/mol. The molecule has 1 fully saturated rings. The first-order valence-corrected chi connectivity index (χ1v) is 10.5. The largest absolute Gasteiger partial charge is 0.357 e. The summed E-state index contributed by atoms with van der Waals surface area (Å²) in [6.07, 6.45) is 3.96. The molecule has 3 heterocycles. The number of amides is 2. The number of aromatic nitrogens is 2. The van der Waals surface area contributed by atoms with Gasteiger partial charge in [0.25, 0.3) is 5.91 Å². The van der Waals surface area contributed by atoms with Gasteiger partial charge in [0.05, 0.1) is 5.69 Å². The van der Waals surface area contributed by atoms with Crippen LogP contribution in [0.3, 0.4) is 0 Å². The first kappa shape index (κ1) is 18.7. The zero-order valence-corrected chi connectivity index (χ0v) is 16.6. The third-order valence-electron chi connectivity index (χ3n) is 4.62. The van der Waals surface area contributed by atoms with Gasteiger partial charge in [-0.05, 0) is 31.0 Å². The number of benzene rings is 1. The van der Waals surface area contributed by atoms with Gasteiger partial charge in [-0.1, -0.05) is 12.1 Å². The first-order valence-electron chi connectivity index (χ1n) is 9.04. The molecule has 1 aromatic carbocycles. The van der Waals surface area contributed by atoms with Crippen molar-refractivity contribution in [3.05, 3.63) is 47.6 Å². The van der Waals surface area contributed by atoms with E-state index in [0.29, 0.717) is 11.4 Å². The van der Waals surface area contributed by atoms with Crippen molar-refractivity contribution in [3.63, 3.8) is 0 Å². The Labute approximate surface area is 171 Å². The summed E-state index contributed by atoms with van der Waals surface area (Å²) in [7, 11) is 0. The van der Waals surface area contributed by atoms with Gasteiger partial charge < -0.3 is 15.2 Å². The first-order chi connectivity index (χ1) is 13.6. The summed E-state index contributed by atoms with van der Waals surface area (Å²) in [6.45, 7) is 1.65. The van der Waals surface area contributed by atoms with E-state index in [1.165, 1.54) is 11.3 Å². The number of nitrogens with zero attached hydrogens (tertiary/aromatic N) is 2. The maximum absolute atomic E-state index is 12.5. The minimum Gasteiger partial charge on any atom is -0.357 e. The van der Waals surface area contributed by atoms with E-state index >= 15 is 0 Å². The van der Waals surface area contributed by atoms with Gasteiger partial charge in [0.1, 0.15) is 16.6 Å². The Morgan fingerprint density at radius 2 is 2.04 bits per heavy atom. The van der Waals surface area contributed by atoms with Gasteiger partial charge in [0.2, 0.25) is 5.91 Å². The second kappa shape index (κ2) is 8.16. The van der Waals surface area contributed by atoms with Crippen LogP contribution in [-0.4, -0.2) is 45.7 Å². The highest BCUT2D eigenvalue weighted by Crippen LogP contribution is 2.30. The van der Waals surface area contributed by atoms with Crippen LogP contribution in [0.25, 0.3) is 21.8 Å². The van der Waals surface area contributed by atoms with E-state index in [1.54, 1.807) is 0 Å². The SMILES string of the molecule is O=C(CCl)Nc1cccc(-c2nc(-c3c[nH]c(C(=O)N4CCCC4)c3)cs2)c1. The number of hydrogen-bond acceptors (Lipinski definition) is 4. The van der Waals surface area contributed by atoms with E-state index < -0.39 is 0 Å². The van der Waals surface area contributed by atoms with E-state index in [2.05, 4.69) is 10.3 Å². The van der Waals surface area contributed by atoms with Crippen LogP contribution in [0.5, 0.6) is 0 Å². The number of hydrogen-bond donors (Lipinski definition) is 2. The number of anilines is 1. The smallest absolute Gasteiger partial charge is 0.270 e. The second-order valence-electron chi connectivity index (χ2n) is 6.60. The maximum atomic E-state index is 12.5. The summed E-state index contributed by atoms with van der Waals surface area (Å²) in [6, 6.07) is 9.34. The molecule has 8 heteroatoms.